The van der Waals surface area contributed by atoms with E-state index in [0.29, 0.717) is 5.56 Å². The molecule has 4 heteroatoms. The molecular formula is C11H10O3S. The number of benzene rings is 1. The van der Waals surface area contributed by atoms with Crippen molar-refractivity contribution in [3.8, 4) is 5.75 Å². The van der Waals surface area contributed by atoms with Crippen molar-refractivity contribution in [1.82, 2.24) is 0 Å². The standard InChI is InChI=1S/C11H10O3S/c1-13-9-6-15-10-7(9)4-3-5-8(10)11(12)14-2/h3-6H,1-2H3. The van der Waals surface area contributed by atoms with Crippen LogP contribution in [0.2, 0.25) is 0 Å². The van der Waals surface area contributed by atoms with E-state index in [4.69, 9.17) is 9.47 Å². The van der Waals surface area contributed by atoms with Crippen molar-refractivity contribution in [2.75, 3.05) is 14.2 Å². The highest BCUT2D eigenvalue weighted by molar-refractivity contribution is 7.18. The van der Waals surface area contributed by atoms with Gasteiger partial charge in [-0.2, -0.15) is 0 Å². The van der Waals surface area contributed by atoms with E-state index in [2.05, 4.69) is 0 Å². The van der Waals surface area contributed by atoms with E-state index in [1.54, 1.807) is 13.2 Å². The lowest BCUT2D eigenvalue weighted by Crippen LogP contribution is -2.00. The molecule has 0 saturated carbocycles. The molecule has 1 heterocycles. The third-order valence-electron chi connectivity index (χ3n) is 2.19. The fraction of sp³-hybridized carbons (Fsp3) is 0.182. The molecule has 2 rings (SSSR count). The van der Waals surface area contributed by atoms with Crippen LogP contribution in [-0.2, 0) is 4.74 Å². The summed E-state index contributed by atoms with van der Waals surface area (Å²) in [5.74, 6) is 0.478. The first-order valence-electron chi connectivity index (χ1n) is 4.40. The zero-order chi connectivity index (χ0) is 10.8. The maximum Gasteiger partial charge on any atom is 0.339 e. The van der Waals surface area contributed by atoms with Gasteiger partial charge in [-0.05, 0) is 12.1 Å². The lowest BCUT2D eigenvalue weighted by molar-refractivity contribution is 0.0603. The van der Waals surface area contributed by atoms with E-state index in [9.17, 15) is 4.79 Å². The first kappa shape index (κ1) is 9.98. The van der Waals surface area contributed by atoms with Gasteiger partial charge in [0.2, 0.25) is 0 Å². The molecule has 1 aromatic heterocycles. The van der Waals surface area contributed by atoms with E-state index in [0.717, 1.165) is 15.8 Å². The van der Waals surface area contributed by atoms with Gasteiger partial charge >= 0.3 is 5.97 Å². The molecule has 0 radical (unpaired) electrons. The van der Waals surface area contributed by atoms with Gasteiger partial charge in [-0.1, -0.05) is 6.07 Å². The van der Waals surface area contributed by atoms with Crippen LogP contribution in [-0.4, -0.2) is 20.2 Å². The molecule has 0 aliphatic heterocycles. The first-order valence-corrected chi connectivity index (χ1v) is 5.28. The maximum atomic E-state index is 11.5. The van der Waals surface area contributed by atoms with Crippen molar-refractivity contribution in [3.05, 3.63) is 29.1 Å². The SMILES string of the molecule is COC(=O)c1cccc2c(OC)csc12. The number of fused-ring (bicyclic) bond motifs is 1. The summed E-state index contributed by atoms with van der Waals surface area (Å²) in [5.41, 5.74) is 0.586. The molecular weight excluding hydrogens is 212 g/mol. The van der Waals surface area contributed by atoms with E-state index < -0.39 is 0 Å². The molecule has 0 amide bonds. The van der Waals surface area contributed by atoms with Crippen LogP contribution in [0.25, 0.3) is 10.1 Å². The average molecular weight is 222 g/mol. The van der Waals surface area contributed by atoms with E-state index >= 15 is 0 Å². The lowest BCUT2D eigenvalue weighted by atomic mass is 10.1. The topological polar surface area (TPSA) is 35.5 Å². The van der Waals surface area contributed by atoms with Crippen LogP contribution >= 0.6 is 11.3 Å². The first-order chi connectivity index (χ1) is 7.27. The fourth-order valence-corrected chi connectivity index (χ4v) is 2.48. The third kappa shape index (κ3) is 1.57. The molecule has 0 aliphatic rings. The predicted octanol–water partition coefficient (Wildman–Crippen LogP) is 2.70. The van der Waals surface area contributed by atoms with Crippen molar-refractivity contribution in [2.24, 2.45) is 0 Å². The molecule has 3 nitrogen and oxygen atoms in total. The van der Waals surface area contributed by atoms with Gasteiger partial charge in [-0.25, -0.2) is 4.79 Å². The van der Waals surface area contributed by atoms with E-state index in [1.165, 1.54) is 18.4 Å². The molecule has 0 N–H and O–H groups in total. The van der Waals surface area contributed by atoms with Gasteiger partial charge in [0, 0.05) is 10.8 Å². The minimum absolute atomic E-state index is 0.315. The Labute approximate surface area is 91.2 Å². The molecule has 0 spiro atoms. The van der Waals surface area contributed by atoms with Crippen molar-refractivity contribution < 1.29 is 14.3 Å². The Balaban J connectivity index is 2.67. The highest BCUT2D eigenvalue weighted by atomic mass is 32.1. The van der Waals surface area contributed by atoms with Gasteiger partial charge in [0.1, 0.15) is 5.75 Å². The number of carbonyl (C=O) groups excluding carboxylic acids is 1. The van der Waals surface area contributed by atoms with Crippen LogP contribution in [0.4, 0.5) is 0 Å². The summed E-state index contributed by atoms with van der Waals surface area (Å²) in [6.45, 7) is 0. The molecule has 2 aromatic rings. The molecule has 0 unspecified atom stereocenters. The highest BCUT2D eigenvalue weighted by Gasteiger charge is 2.13. The minimum Gasteiger partial charge on any atom is -0.495 e. The van der Waals surface area contributed by atoms with Crippen LogP contribution in [0, 0.1) is 0 Å². The Morgan fingerprint density at radius 2 is 2.13 bits per heavy atom. The van der Waals surface area contributed by atoms with Crippen LogP contribution in [0.15, 0.2) is 23.6 Å². The van der Waals surface area contributed by atoms with Crippen LogP contribution < -0.4 is 4.74 Å². The molecule has 0 saturated heterocycles. The predicted molar refractivity (Wildman–Crippen MR) is 59.7 cm³/mol. The lowest BCUT2D eigenvalue weighted by Gasteiger charge is -2.01. The van der Waals surface area contributed by atoms with E-state index in [1.807, 2.05) is 17.5 Å². The maximum absolute atomic E-state index is 11.5. The second-order valence-corrected chi connectivity index (χ2v) is 3.86. The zero-order valence-corrected chi connectivity index (χ0v) is 9.26. The number of thiophene rings is 1. The van der Waals surface area contributed by atoms with Crippen LogP contribution in [0.3, 0.4) is 0 Å². The normalized spacial score (nSPS) is 10.3. The van der Waals surface area contributed by atoms with Gasteiger partial charge in [0.05, 0.1) is 24.5 Å². The number of hydrogen-bond donors (Lipinski definition) is 0. The number of rotatable bonds is 2. The summed E-state index contributed by atoms with van der Waals surface area (Å²) >= 11 is 1.48. The number of carbonyl (C=O) groups is 1. The smallest absolute Gasteiger partial charge is 0.339 e. The van der Waals surface area contributed by atoms with Gasteiger partial charge in [0.15, 0.2) is 0 Å². The van der Waals surface area contributed by atoms with Crippen molar-refractivity contribution >= 4 is 27.4 Å². The Morgan fingerprint density at radius 1 is 1.33 bits per heavy atom. The average Bonchev–Trinajstić information content (AvgIpc) is 2.70. The minimum atomic E-state index is -0.315. The number of hydrogen-bond acceptors (Lipinski definition) is 4. The molecule has 0 bridgehead atoms. The Morgan fingerprint density at radius 3 is 2.80 bits per heavy atom. The number of esters is 1. The number of ether oxygens (including phenoxy) is 2. The molecule has 0 atom stereocenters. The van der Waals surface area contributed by atoms with Crippen molar-refractivity contribution in [2.45, 2.75) is 0 Å². The van der Waals surface area contributed by atoms with Gasteiger partial charge in [-0.15, -0.1) is 11.3 Å². The summed E-state index contributed by atoms with van der Waals surface area (Å²) in [6.07, 6.45) is 0. The monoisotopic (exact) mass is 222 g/mol. The molecule has 15 heavy (non-hydrogen) atoms. The Hall–Kier alpha value is -1.55. The summed E-state index contributed by atoms with van der Waals surface area (Å²) in [4.78, 5) is 11.5. The second kappa shape index (κ2) is 3.90. The highest BCUT2D eigenvalue weighted by Crippen LogP contribution is 2.34. The number of methoxy groups -OCH3 is 2. The summed E-state index contributed by atoms with van der Waals surface area (Å²) < 4.78 is 10.8. The van der Waals surface area contributed by atoms with Gasteiger partial charge in [0.25, 0.3) is 0 Å². The molecule has 0 aliphatic carbocycles. The van der Waals surface area contributed by atoms with Crippen LogP contribution in [0.1, 0.15) is 10.4 Å². The van der Waals surface area contributed by atoms with Gasteiger partial charge < -0.3 is 9.47 Å². The largest absolute Gasteiger partial charge is 0.495 e. The van der Waals surface area contributed by atoms with Crippen LogP contribution in [0.5, 0.6) is 5.75 Å². The van der Waals surface area contributed by atoms with Crippen molar-refractivity contribution in [1.29, 1.82) is 0 Å². The quantitative estimate of drug-likeness (QED) is 0.733. The second-order valence-electron chi connectivity index (χ2n) is 2.98. The Bertz CT molecular complexity index is 502. The zero-order valence-electron chi connectivity index (χ0n) is 8.44. The Kier molecular flexibility index (Phi) is 2.60. The third-order valence-corrected chi connectivity index (χ3v) is 3.20. The molecule has 0 fully saturated rings. The summed E-state index contributed by atoms with van der Waals surface area (Å²) in [6, 6.07) is 5.50. The fourth-order valence-electron chi connectivity index (χ4n) is 1.46. The summed E-state index contributed by atoms with van der Waals surface area (Å²) in [5, 5.41) is 2.84. The summed E-state index contributed by atoms with van der Waals surface area (Å²) in [7, 11) is 3.00. The van der Waals surface area contributed by atoms with Crippen molar-refractivity contribution in [3.63, 3.8) is 0 Å². The molecule has 1 aromatic carbocycles. The molecule has 78 valence electrons. The van der Waals surface area contributed by atoms with Gasteiger partial charge in [-0.3, -0.25) is 0 Å². The van der Waals surface area contributed by atoms with E-state index in [-0.39, 0.29) is 5.97 Å².